The summed E-state index contributed by atoms with van der Waals surface area (Å²) in [7, 11) is -2.23. The van der Waals surface area contributed by atoms with Crippen molar-refractivity contribution in [1.29, 1.82) is 0 Å². The van der Waals surface area contributed by atoms with Gasteiger partial charge in [-0.25, -0.2) is 0 Å². The van der Waals surface area contributed by atoms with Crippen molar-refractivity contribution in [2.24, 2.45) is 0 Å². The molecule has 1 unspecified atom stereocenters. The molecule has 0 saturated carbocycles. The van der Waals surface area contributed by atoms with Crippen LogP contribution in [0.15, 0.2) is 188 Å². The average molecular weight is 748 g/mol. The number of para-hydroxylation sites is 1. The van der Waals surface area contributed by atoms with Gasteiger partial charge in [0.1, 0.15) is 8.07 Å². The largest absolute Gasteiger partial charge is 0.310 e. The summed E-state index contributed by atoms with van der Waals surface area (Å²) in [6.07, 6.45) is 0. The lowest BCUT2D eigenvalue weighted by atomic mass is 9.59. The first kappa shape index (κ1) is 32.0. The summed E-state index contributed by atoms with van der Waals surface area (Å²) < 4.78 is 2.66. The molecule has 0 saturated heterocycles. The predicted octanol–water partition coefficient (Wildman–Crippen LogP) is 13.3. The zero-order valence-electron chi connectivity index (χ0n) is 31.3. The Morgan fingerprint density at radius 1 is 0.429 bits per heavy atom. The smallest absolute Gasteiger partial charge is 0.113 e. The minimum absolute atomic E-state index is 0.451. The van der Waals surface area contributed by atoms with E-state index in [4.69, 9.17) is 0 Å². The molecule has 3 heteroatoms. The Balaban J connectivity index is 1.13. The van der Waals surface area contributed by atoms with Gasteiger partial charge >= 0.3 is 0 Å². The molecule has 2 heterocycles. The van der Waals surface area contributed by atoms with Crippen LogP contribution >= 0.6 is 11.3 Å². The topological polar surface area (TPSA) is 3.24 Å². The molecule has 12 rings (SSSR count). The minimum Gasteiger partial charge on any atom is -0.310 e. The molecule has 1 nitrogen and oxygen atoms in total. The number of benzene rings is 9. The molecule has 264 valence electrons. The van der Waals surface area contributed by atoms with Gasteiger partial charge in [-0.3, -0.25) is 0 Å². The van der Waals surface area contributed by atoms with Crippen LogP contribution in [0, 0.1) is 0 Å². The van der Waals surface area contributed by atoms with Gasteiger partial charge in [-0.05, 0) is 102 Å². The molecule has 1 aromatic heterocycles. The van der Waals surface area contributed by atoms with E-state index in [1.165, 1.54) is 96.8 Å². The van der Waals surface area contributed by atoms with Crippen LogP contribution in [-0.2, 0) is 5.41 Å². The summed E-state index contributed by atoms with van der Waals surface area (Å²) in [5.74, 6) is 0. The normalized spacial score (nSPS) is 16.2. The molecule has 2 aliphatic rings. The average Bonchev–Trinajstić information content (AvgIpc) is 3.63. The zero-order chi connectivity index (χ0) is 37.2. The van der Waals surface area contributed by atoms with Gasteiger partial charge in [0.25, 0.3) is 0 Å². The Kier molecular flexibility index (Phi) is 6.65. The number of hydrogen-bond donors (Lipinski definition) is 0. The third-order valence-corrected chi connectivity index (χ3v) is 17.6. The van der Waals surface area contributed by atoms with Gasteiger partial charge in [-0.1, -0.05) is 165 Å². The summed E-state index contributed by atoms with van der Waals surface area (Å²) in [6, 6.07) is 71.2. The van der Waals surface area contributed by atoms with Crippen molar-refractivity contribution in [2.75, 3.05) is 4.90 Å². The standard InChI is InChI=1S/C53H37NSSi/c1-56(2)49-25-11-10-23-45(49)53(44-22-9-8-20-40(44)42-21-12-15-35-16-13-24-47(53)51(35)42)46-31-28-38(33-50(46)56)54(36-17-4-3-5-18-36)37-27-30-41-43-29-26-34-14-6-7-19-39(34)52(43)55-48(41)32-37/h3-33H,1-2H3. The molecule has 0 fully saturated rings. The summed E-state index contributed by atoms with van der Waals surface area (Å²) >= 11 is 1.91. The lowest BCUT2D eigenvalue weighted by Crippen LogP contribution is -2.63. The highest BCUT2D eigenvalue weighted by molar-refractivity contribution is 7.26. The van der Waals surface area contributed by atoms with E-state index in [0.29, 0.717) is 0 Å². The number of thiophene rings is 1. The maximum Gasteiger partial charge on any atom is 0.113 e. The third-order valence-electron chi connectivity index (χ3n) is 12.9. The van der Waals surface area contributed by atoms with Crippen LogP contribution in [-0.4, -0.2) is 8.07 Å². The van der Waals surface area contributed by atoms with Crippen LogP contribution in [0.5, 0.6) is 0 Å². The van der Waals surface area contributed by atoms with E-state index in [2.05, 4.69) is 206 Å². The molecule has 0 radical (unpaired) electrons. The minimum atomic E-state index is -2.23. The molecule has 56 heavy (non-hydrogen) atoms. The van der Waals surface area contributed by atoms with Crippen LogP contribution in [0.25, 0.3) is 52.8 Å². The number of fused-ring (bicyclic) bond motifs is 13. The summed E-state index contributed by atoms with van der Waals surface area (Å²) in [6.45, 7) is 5.12. The number of rotatable bonds is 3. The molecular weight excluding hydrogens is 711 g/mol. The van der Waals surface area contributed by atoms with E-state index < -0.39 is 13.5 Å². The molecule has 1 atom stereocenters. The van der Waals surface area contributed by atoms with Crippen molar-refractivity contribution in [2.45, 2.75) is 18.5 Å². The van der Waals surface area contributed by atoms with Gasteiger partial charge in [0.15, 0.2) is 0 Å². The summed E-state index contributed by atoms with van der Waals surface area (Å²) in [5, 5.41) is 10.9. The fraction of sp³-hybridized carbons (Fsp3) is 0.0566. The van der Waals surface area contributed by atoms with Gasteiger partial charge in [0, 0.05) is 37.2 Å². The fourth-order valence-corrected chi connectivity index (χ4v) is 14.9. The SMILES string of the molecule is C[Si]1(C)c2ccccc2C2(c3ccccc3-c3cccc4cccc2c34)c2ccc(N(c3ccccc3)c3ccc4c(c3)sc3c5ccccc5ccc43)cc21. The van der Waals surface area contributed by atoms with Crippen molar-refractivity contribution < 1.29 is 0 Å². The van der Waals surface area contributed by atoms with E-state index in [-0.39, 0.29) is 0 Å². The van der Waals surface area contributed by atoms with E-state index in [1.54, 1.807) is 0 Å². The second-order valence-corrected chi connectivity index (χ2v) is 21.4. The Hall–Kier alpha value is -6.26. The summed E-state index contributed by atoms with van der Waals surface area (Å²) in [5.41, 5.74) is 11.4. The molecule has 0 N–H and O–H groups in total. The second kappa shape index (κ2) is 11.6. The van der Waals surface area contributed by atoms with Crippen molar-refractivity contribution in [3.8, 4) is 11.1 Å². The first-order valence-corrected chi connectivity index (χ1v) is 23.4. The fourth-order valence-electron chi connectivity index (χ4n) is 10.5. The highest BCUT2D eigenvalue weighted by atomic mass is 32.1. The van der Waals surface area contributed by atoms with Crippen molar-refractivity contribution in [1.82, 2.24) is 0 Å². The van der Waals surface area contributed by atoms with Crippen LogP contribution in [0.1, 0.15) is 22.3 Å². The zero-order valence-corrected chi connectivity index (χ0v) is 33.1. The molecule has 1 spiro atoms. The van der Waals surface area contributed by atoms with E-state index in [9.17, 15) is 0 Å². The van der Waals surface area contributed by atoms with Crippen LogP contribution in [0.4, 0.5) is 17.1 Å². The number of hydrogen-bond acceptors (Lipinski definition) is 2. The predicted molar refractivity (Wildman–Crippen MR) is 243 cm³/mol. The quantitative estimate of drug-likeness (QED) is 0.163. The monoisotopic (exact) mass is 747 g/mol. The number of anilines is 3. The second-order valence-electron chi connectivity index (χ2n) is 16.0. The van der Waals surface area contributed by atoms with Crippen LogP contribution < -0.4 is 15.3 Å². The Bertz CT molecular complexity index is 3240. The Morgan fingerprint density at radius 3 is 1.96 bits per heavy atom. The van der Waals surface area contributed by atoms with E-state index in [1.807, 2.05) is 11.3 Å². The molecule has 10 aromatic rings. The van der Waals surface area contributed by atoms with Gasteiger partial charge in [-0.2, -0.15) is 0 Å². The Morgan fingerprint density at radius 2 is 1.07 bits per heavy atom. The molecule has 0 amide bonds. The highest BCUT2D eigenvalue weighted by Crippen LogP contribution is 2.56. The van der Waals surface area contributed by atoms with Crippen LogP contribution in [0.3, 0.4) is 0 Å². The summed E-state index contributed by atoms with van der Waals surface area (Å²) in [4.78, 5) is 2.48. The number of nitrogens with zero attached hydrogens (tertiary/aromatic N) is 1. The van der Waals surface area contributed by atoms with Gasteiger partial charge in [0.05, 0.1) is 5.41 Å². The molecule has 1 aliphatic carbocycles. The van der Waals surface area contributed by atoms with E-state index in [0.717, 1.165) is 5.69 Å². The lowest BCUT2D eigenvalue weighted by Gasteiger charge is -2.50. The maximum atomic E-state index is 2.57. The molecular formula is C53H37NSSi. The van der Waals surface area contributed by atoms with Crippen LogP contribution in [0.2, 0.25) is 13.1 Å². The van der Waals surface area contributed by atoms with Crippen molar-refractivity contribution in [3.05, 3.63) is 210 Å². The van der Waals surface area contributed by atoms with Gasteiger partial charge < -0.3 is 4.90 Å². The first-order chi connectivity index (χ1) is 27.5. The van der Waals surface area contributed by atoms with E-state index >= 15 is 0 Å². The third kappa shape index (κ3) is 4.19. The van der Waals surface area contributed by atoms with Gasteiger partial charge in [0.2, 0.25) is 0 Å². The van der Waals surface area contributed by atoms with Crippen molar-refractivity contribution in [3.63, 3.8) is 0 Å². The van der Waals surface area contributed by atoms with Gasteiger partial charge in [-0.15, -0.1) is 11.3 Å². The molecule has 0 bridgehead atoms. The Labute approximate surface area is 331 Å². The molecule has 1 aliphatic heterocycles. The first-order valence-electron chi connectivity index (χ1n) is 19.6. The highest BCUT2D eigenvalue weighted by Gasteiger charge is 2.52. The lowest BCUT2D eigenvalue weighted by molar-refractivity contribution is 0.754. The maximum absolute atomic E-state index is 2.57. The van der Waals surface area contributed by atoms with Crippen molar-refractivity contribution >= 4 is 88.6 Å². The molecule has 9 aromatic carbocycles.